The number of rotatable bonds is 6. The number of anilines is 1. The van der Waals surface area contributed by atoms with Gasteiger partial charge in [0.1, 0.15) is 6.54 Å². The Kier molecular flexibility index (Phi) is 5.89. The zero-order valence-electron chi connectivity index (χ0n) is 12.4. The van der Waals surface area contributed by atoms with E-state index < -0.39 is 0 Å². The van der Waals surface area contributed by atoms with E-state index in [0.717, 1.165) is 29.4 Å². The molecule has 2 rings (SSSR count). The number of nitrogens with zero attached hydrogens (tertiary/aromatic N) is 2. The van der Waals surface area contributed by atoms with E-state index in [2.05, 4.69) is 33.2 Å². The lowest BCUT2D eigenvalue weighted by Gasteiger charge is -2.08. The van der Waals surface area contributed by atoms with Gasteiger partial charge in [-0.05, 0) is 31.0 Å². The molecule has 1 amide bonds. The summed E-state index contributed by atoms with van der Waals surface area (Å²) in [5.74, 6) is -0.261. The van der Waals surface area contributed by atoms with E-state index >= 15 is 0 Å². The summed E-state index contributed by atoms with van der Waals surface area (Å²) in [6.45, 7) is 2.04. The number of unbranched alkanes of at least 4 members (excludes halogenated alkanes) is 1. The van der Waals surface area contributed by atoms with E-state index in [1.54, 1.807) is 12.1 Å². The fourth-order valence-electron chi connectivity index (χ4n) is 2.00. The lowest BCUT2D eigenvalue weighted by molar-refractivity contribution is -0.116. The van der Waals surface area contributed by atoms with Gasteiger partial charge in [0.05, 0.1) is 6.33 Å². The molecule has 0 radical (unpaired) electrons. The van der Waals surface area contributed by atoms with Gasteiger partial charge in [-0.3, -0.25) is 14.2 Å². The molecule has 0 atom stereocenters. The Labute approximate surface area is 137 Å². The van der Waals surface area contributed by atoms with Crippen LogP contribution in [0.1, 0.15) is 25.5 Å². The molecule has 5 nitrogen and oxygen atoms in total. The quantitative estimate of drug-likeness (QED) is 0.857. The van der Waals surface area contributed by atoms with Gasteiger partial charge >= 0.3 is 0 Å². The number of halogens is 1. The fraction of sp³-hybridized carbons (Fsp3) is 0.312. The van der Waals surface area contributed by atoms with Gasteiger partial charge in [0, 0.05) is 21.9 Å². The number of hydrogen-bond acceptors (Lipinski definition) is 3. The number of aryl methyl sites for hydroxylation is 1. The van der Waals surface area contributed by atoms with Crippen molar-refractivity contribution in [1.29, 1.82) is 0 Å². The van der Waals surface area contributed by atoms with Crippen LogP contribution in [0.25, 0.3) is 0 Å². The summed E-state index contributed by atoms with van der Waals surface area (Å²) in [5, 5.41) is 2.75. The van der Waals surface area contributed by atoms with Crippen molar-refractivity contribution in [2.45, 2.75) is 32.7 Å². The highest BCUT2D eigenvalue weighted by atomic mass is 79.9. The number of aromatic nitrogens is 2. The lowest BCUT2D eigenvalue weighted by Crippen LogP contribution is -2.27. The van der Waals surface area contributed by atoms with Gasteiger partial charge < -0.3 is 5.32 Å². The van der Waals surface area contributed by atoms with Crippen LogP contribution in [0.3, 0.4) is 0 Å². The molecular weight excluding hydrogens is 346 g/mol. The van der Waals surface area contributed by atoms with E-state index in [0.29, 0.717) is 5.69 Å². The van der Waals surface area contributed by atoms with E-state index in [4.69, 9.17) is 0 Å². The molecule has 0 bridgehead atoms. The predicted octanol–water partition coefficient (Wildman–Crippen LogP) is 2.99. The molecule has 2 aromatic rings. The molecule has 0 saturated heterocycles. The first-order chi connectivity index (χ1) is 10.6. The van der Waals surface area contributed by atoms with E-state index in [1.165, 1.54) is 17.0 Å². The third-order valence-electron chi connectivity index (χ3n) is 3.14. The molecule has 1 heterocycles. The zero-order chi connectivity index (χ0) is 15.9. The first-order valence-corrected chi connectivity index (χ1v) is 7.98. The van der Waals surface area contributed by atoms with Crippen LogP contribution < -0.4 is 10.9 Å². The van der Waals surface area contributed by atoms with Crippen molar-refractivity contribution in [2.75, 3.05) is 5.32 Å². The highest BCUT2D eigenvalue weighted by Gasteiger charge is 2.06. The van der Waals surface area contributed by atoms with Gasteiger partial charge in [0.25, 0.3) is 5.56 Å². The number of carbonyl (C=O) groups excluding carboxylic acids is 1. The van der Waals surface area contributed by atoms with Crippen LogP contribution in [0.15, 0.2) is 45.9 Å². The first-order valence-electron chi connectivity index (χ1n) is 7.19. The largest absolute Gasteiger partial charge is 0.324 e. The lowest BCUT2D eigenvalue weighted by atomic mass is 10.2. The van der Waals surface area contributed by atoms with Crippen LogP contribution in [0.4, 0.5) is 5.69 Å². The molecule has 0 fully saturated rings. The number of hydrogen-bond donors (Lipinski definition) is 1. The second-order valence-corrected chi connectivity index (χ2v) is 5.92. The predicted molar refractivity (Wildman–Crippen MR) is 89.9 cm³/mol. The number of nitrogens with one attached hydrogen (secondary N) is 1. The SMILES string of the molecule is CCCCc1cc(=O)n(CC(=O)Nc2cccc(Br)c2)cn1. The second kappa shape index (κ2) is 7.89. The molecular formula is C16H18BrN3O2. The van der Waals surface area contributed by atoms with Crippen molar-refractivity contribution in [1.82, 2.24) is 9.55 Å². The molecule has 0 aliphatic carbocycles. The minimum Gasteiger partial charge on any atom is -0.324 e. The molecule has 6 heteroatoms. The molecule has 116 valence electrons. The summed E-state index contributed by atoms with van der Waals surface area (Å²) in [6, 6.07) is 8.79. The van der Waals surface area contributed by atoms with Crippen LogP contribution in [0.2, 0.25) is 0 Å². The Balaban J connectivity index is 2.01. The van der Waals surface area contributed by atoms with Crippen molar-refractivity contribution >= 4 is 27.5 Å². The molecule has 22 heavy (non-hydrogen) atoms. The third-order valence-corrected chi connectivity index (χ3v) is 3.64. The van der Waals surface area contributed by atoms with Gasteiger partial charge in [0.2, 0.25) is 5.91 Å². The smallest absolute Gasteiger partial charge is 0.253 e. The molecule has 0 spiro atoms. The Bertz CT molecular complexity index is 713. The summed E-state index contributed by atoms with van der Waals surface area (Å²) in [7, 11) is 0. The van der Waals surface area contributed by atoms with Gasteiger partial charge in [-0.1, -0.05) is 35.3 Å². The molecule has 0 aliphatic heterocycles. The number of amides is 1. The fourth-order valence-corrected chi connectivity index (χ4v) is 2.40. The highest BCUT2D eigenvalue weighted by molar-refractivity contribution is 9.10. The average Bonchev–Trinajstić information content (AvgIpc) is 2.47. The van der Waals surface area contributed by atoms with Crippen molar-refractivity contribution in [2.24, 2.45) is 0 Å². The van der Waals surface area contributed by atoms with Gasteiger partial charge in [0.15, 0.2) is 0 Å². The van der Waals surface area contributed by atoms with Crippen molar-refractivity contribution in [3.05, 3.63) is 57.2 Å². The summed E-state index contributed by atoms with van der Waals surface area (Å²) < 4.78 is 2.19. The van der Waals surface area contributed by atoms with Crippen molar-refractivity contribution in [3.8, 4) is 0 Å². The van der Waals surface area contributed by atoms with Crippen LogP contribution in [-0.4, -0.2) is 15.5 Å². The standard InChI is InChI=1S/C16H18BrN3O2/c1-2-3-6-13-9-16(22)20(11-18-13)10-15(21)19-14-7-4-5-12(17)8-14/h4-5,7-9,11H,2-3,6,10H2,1H3,(H,19,21). The summed E-state index contributed by atoms with van der Waals surface area (Å²) in [4.78, 5) is 28.2. The topological polar surface area (TPSA) is 64.0 Å². The maximum Gasteiger partial charge on any atom is 0.253 e. The monoisotopic (exact) mass is 363 g/mol. The van der Waals surface area contributed by atoms with Crippen LogP contribution >= 0.6 is 15.9 Å². The third kappa shape index (κ3) is 4.80. The normalized spacial score (nSPS) is 10.5. The Hall–Kier alpha value is -1.95. The average molecular weight is 364 g/mol. The summed E-state index contributed by atoms with van der Waals surface area (Å²) in [6.07, 6.45) is 4.28. The van der Waals surface area contributed by atoms with Crippen molar-refractivity contribution < 1.29 is 4.79 Å². The van der Waals surface area contributed by atoms with Crippen LogP contribution in [-0.2, 0) is 17.8 Å². The van der Waals surface area contributed by atoms with Gasteiger partial charge in [-0.2, -0.15) is 0 Å². The second-order valence-electron chi connectivity index (χ2n) is 5.01. The number of benzene rings is 1. The molecule has 1 aromatic heterocycles. The van der Waals surface area contributed by atoms with Crippen molar-refractivity contribution in [3.63, 3.8) is 0 Å². The Morgan fingerprint density at radius 1 is 1.36 bits per heavy atom. The minimum atomic E-state index is -0.261. The highest BCUT2D eigenvalue weighted by Crippen LogP contribution is 2.15. The Morgan fingerprint density at radius 3 is 2.86 bits per heavy atom. The maximum atomic E-state index is 12.0. The number of carbonyl (C=O) groups is 1. The first kappa shape index (κ1) is 16.4. The molecule has 0 saturated carbocycles. The van der Waals surface area contributed by atoms with Gasteiger partial charge in [-0.25, -0.2) is 4.98 Å². The van der Waals surface area contributed by atoms with E-state index in [1.807, 2.05) is 12.1 Å². The van der Waals surface area contributed by atoms with Gasteiger partial charge in [-0.15, -0.1) is 0 Å². The molecule has 1 N–H and O–H groups in total. The summed E-state index contributed by atoms with van der Waals surface area (Å²) >= 11 is 3.34. The summed E-state index contributed by atoms with van der Waals surface area (Å²) in [5.41, 5.74) is 1.25. The minimum absolute atomic E-state index is 0.0492. The van der Waals surface area contributed by atoms with E-state index in [-0.39, 0.29) is 18.0 Å². The molecule has 0 unspecified atom stereocenters. The van der Waals surface area contributed by atoms with E-state index in [9.17, 15) is 9.59 Å². The molecule has 1 aromatic carbocycles. The van der Waals surface area contributed by atoms with Crippen LogP contribution in [0.5, 0.6) is 0 Å². The maximum absolute atomic E-state index is 12.0. The molecule has 0 aliphatic rings. The van der Waals surface area contributed by atoms with Crippen LogP contribution in [0, 0.1) is 0 Å². The zero-order valence-corrected chi connectivity index (χ0v) is 14.0. The Morgan fingerprint density at radius 2 is 2.18 bits per heavy atom.